The lowest BCUT2D eigenvalue weighted by Crippen LogP contribution is -2.30. The van der Waals surface area contributed by atoms with Crippen LogP contribution in [0.2, 0.25) is 0 Å². The van der Waals surface area contributed by atoms with Crippen LogP contribution >= 0.6 is 0 Å². The Morgan fingerprint density at radius 3 is 2.21 bits per heavy atom. The van der Waals surface area contributed by atoms with E-state index < -0.39 is 12.1 Å². The van der Waals surface area contributed by atoms with E-state index >= 15 is 0 Å². The fourth-order valence-corrected chi connectivity index (χ4v) is 2.12. The zero-order valence-electron chi connectivity index (χ0n) is 14.1. The number of aryl methyl sites for hydroxylation is 1. The second-order valence-electron chi connectivity index (χ2n) is 5.70. The zero-order valence-corrected chi connectivity index (χ0v) is 14.1. The van der Waals surface area contributed by atoms with Crippen molar-refractivity contribution in [2.45, 2.75) is 13.0 Å². The third kappa shape index (κ3) is 4.81. The van der Waals surface area contributed by atoms with Gasteiger partial charge in [-0.3, -0.25) is 4.79 Å². The fourth-order valence-electron chi connectivity index (χ4n) is 2.12. The first-order chi connectivity index (χ1) is 11.5. The Hall–Kier alpha value is -2.88. The second kappa shape index (κ2) is 8.11. The number of hydrogen-bond acceptors (Lipinski definition) is 3. The number of hydrogen-bond donors (Lipinski definition) is 0. The molecule has 0 aliphatic carbocycles. The van der Waals surface area contributed by atoms with Gasteiger partial charge in [0.05, 0.1) is 0 Å². The molecule has 124 valence electrons. The number of ether oxygens (including phenoxy) is 1. The molecule has 0 saturated heterocycles. The molecule has 0 N–H and O–H groups in total. The molecule has 2 aromatic rings. The van der Waals surface area contributed by atoms with E-state index in [9.17, 15) is 9.59 Å². The van der Waals surface area contributed by atoms with Gasteiger partial charge >= 0.3 is 5.97 Å². The molecule has 0 saturated carbocycles. The molecule has 0 fully saturated rings. The normalized spacial score (nSPS) is 12.0. The summed E-state index contributed by atoms with van der Waals surface area (Å²) in [5.74, 6) is -0.835. The lowest BCUT2D eigenvalue weighted by Gasteiger charge is -2.20. The van der Waals surface area contributed by atoms with E-state index in [1.807, 2.05) is 37.3 Å². The maximum atomic E-state index is 12.3. The van der Waals surface area contributed by atoms with Crippen LogP contribution in [0.15, 0.2) is 60.7 Å². The summed E-state index contributed by atoms with van der Waals surface area (Å²) in [5, 5.41) is 0. The lowest BCUT2D eigenvalue weighted by molar-refractivity contribution is -0.155. The average Bonchev–Trinajstić information content (AvgIpc) is 2.59. The third-order valence-electron chi connectivity index (χ3n) is 3.49. The van der Waals surface area contributed by atoms with E-state index in [0.717, 1.165) is 11.1 Å². The minimum atomic E-state index is -0.948. The van der Waals surface area contributed by atoms with Crippen molar-refractivity contribution in [3.63, 3.8) is 0 Å². The summed E-state index contributed by atoms with van der Waals surface area (Å²) < 4.78 is 5.39. The van der Waals surface area contributed by atoms with Crippen LogP contribution in [0.4, 0.5) is 0 Å². The summed E-state index contributed by atoms with van der Waals surface area (Å²) in [4.78, 5) is 25.8. The van der Waals surface area contributed by atoms with Gasteiger partial charge in [-0.1, -0.05) is 60.2 Å². The van der Waals surface area contributed by atoms with Crippen LogP contribution in [0.5, 0.6) is 0 Å². The van der Waals surface area contributed by atoms with Crippen LogP contribution in [-0.4, -0.2) is 30.9 Å². The van der Waals surface area contributed by atoms with E-state index in [-0.39, 0.29) is 5.91 Å². The van der Waals surface area contributed by atoms with Crippen molar-refractivity contribution >= 4 is 18.0 Å². The average molecular weight is 323 g/mol. The molecule has 0 radical (unpaired) electrons. The van der Waals surface area contributed by atoms with Gasteiger partial charge in [-0.25, -0.2) is 4.79 Å². The SMILES string of the molecule is Cc1ccc(/C=C/C(=O)O[C@@H](C(=O)N(C)C)c2ccccc2)cc1. The summed E-state index contributed by atoms with van der Waals surface area (Å²) >= 11 is 0. The quantitative estimate of drug-likeness (QED) is 0.626. The number of nitrogens with zero attached hydrogens (tertiary/aromatic N) is 1. The maximum Gasteiger partial charge on any atom is 0.331 e. The van der Waals surface area contributed by atoms with Crippen LogP contribution in [0.25, 0.3) is 6.08 Å². The molecule has 0 aliphatic rings. The van der Waals surface area contributed by atoms with E-state index in [0.29, 0.717) is 5.56 Å². The fraction of sp³-hybridized carbons (Fsp3) is 0.200. The van der Waals surface area contributed by atoms with Gasteiger partial charge in [0.15, 0.2) is 0 Å². The molecule has 4 heteroatoms. The van der Waals surface area contributed by atoms with Crippen molar-refractivity contribution in [1.82, 2.24) is 4.90 Å². The summed E-state index contributed by atoms with van der Waals surface area (Å²) in [7, 11) is 3.27. The van der Waals surface area contributed by atoms with Crippen molar-refractivity contribution in [3.05, 3.63) is 77.4 Å². The molecule has 4 nitrogen and oxygen atoms in total. The Balaban J connectivity index is 2.12. The number of likely N-dealkylation sites (N-methyl/N-ethyl adjacent to an activating group) is 1. The highest BCUT2D eigenvalue weighted by Gasteiger charge is 2.25. The molecular formula is C20H21NO3. The van der Waals surface area contributed by atoms with E-state index in [1.54, 1.807) is 44.4 Å². The van der Waals surface area contributed by atoms with Crippen LogP contribution in [-0.2, 0) is 14.3 Å². The zero-order chi connectivity index (χ0) is 17.5. The van der Waals surface area contributed by atoms with Crippen molar-refractivity contribution in [2.24, 2.45) is 0 Å². The molecule has 24 heavy (non-hydrogen) atoms. The molecule has 0 aromatic heterocycles. The van der Waals surface area contributed by atoms with Gasteiger partial charge in [-0.15, -0.1) is 0 Å². The lowest BCUT2D eigenvalue weighted by atomic mass is 10.1. The highest BCUT2D eigenvalue weighted by atomic mass is 16.5. The summed E-state index contributed by atoms with van der Waals surface area (Å²) in [6, 6.07) is 16.8. The third-order valence-corrected chi connectivity index (χ3v) is 3.49. The highest BCUT2D eigenvalue weighted by molar-refractivity contribution is 5.90. The highest BCUT2D eigenvalue weighted by Crippen LogP contribution is 2.20. The second-order valence-corrected chi connectivity index (χ2v) is 5.70. The van der Waals surface area contributed by atoms with Gasteiger partial charge in [-0.2, -0.15) is 0 Å². The predicted octanol–water partition coefficient (Wildman–Crippen LogP) is 3.38. The smallest absolute Gasteiger partial charge is 0.331 e. The van der Waals surface area contributed by atoms with Crippen LogP contribution < -0.4 is 0 Å². The number of benzene rings is 2. The molecule has 0 spiro atoms. The van der Waals surface area contributed by atoms with Gasteiger partial charge in [0, 0.05) is 25.7 Å². The van der Waals surface area contributed by atoms with Crippen LogP contribution in [0.3, 0.4) is 0 Å². The predicted molar refractivity (Wildman–Crippen MR) is 94.2 cm³/mol. The van der Waals surface area contributed by atoms with E-state index in [1.165, 1.54) is 11.0 Å². The van der Waals surface area contributed by atoms with Crippen molar-refractivity contribution in [1.29, 1.82) is 0 Å². The topological polar surface area (TPSA) is 46.6 Å². The Bertz CT molecular complexity index is 718. The molecule has 2 aromatic carbocycles. The largest absolute Gasteiger partial charge is 0.444 e. The van der Waals surface area contributed by atoms with Crippen molar-refractivity contribution in [3.8, 4) is 0 Å². The molecular weight excluding hydrogens is 302 g/mol. The van der Waals surface area contributed by atoms with Gasteiger partial charge in [0.1, 0.15) is 0 Å². The summed E-state index contributed by atoms with van der Waals surface area (Å²) in [6.07, 6.45) is 2.06. The maximum absolute atomic E-state index is 12.3. The minimum Gasteiger partial charge on any atom is -0.444 e. The van der Waals surface area contributed by atoms with E-state index in [4.69, 9.17) is 4.74 Å². The Kier molecular flexibility index (Phi) is 5.90. The first-order valence-corrected chi connectivity index (χ1v) is 7.69. The monoisotopic (exact) mass is 323 g/mol. The van der Waals surface area contributed by atoms with Crippen molar-refractivity contribution in [2.75, 3.05) is 14.1 Å². The number of carbonyl (C=O) groups is 2. The Labute approximate surface area is 142 Å². The van der Waals surface area contributed by atoms with Crippen LogP contribution in [0, 0.1) is 6.92 Å². The Morgan fingerprint density at radius 1 is 1.00 bits per heavy atom. The van der Waals surface area contributed by atoms with Gasteiger partial charge in [0.2, 0.25) is 6.10 Å². The van der Waals surface area contributed by atoms with E-state index in [2.05, 4.69) is 0 Å². The molecule has 0 bridgehead atoms. The molecule has 0 unspecified atom stereocenters. The molecule has 0 aliphatic heterocycles. The number of amides is 1. The first-order valence-electron chi connectivity index (χ1n) is 7.69. The molecule has 1 amide bonds. The van der Waals surface area contributed by atoms with Gasteiger partial charge < -0.3 is 9.64 Å². The van der Waals surface area contributed by atoms with Crippen LogP contribution in [0.1, 0.15) is 22.8 Å². The minimum absolute atomic E-state index is 0.279. The van der Waals surface area contributed by atoms with Crippen molar-refractivity contribution < 1.29 is 14.3 Å². The van der Waals surface area contributed by atoms with Gasteiger partial charge in [-0.05, 0) is 18.6 Å². The number of esters is 1. The summed E-state index contributed by atoms with van der Waals surface area (Å²) in [6.45, 7) is 2.00. The Morgan fingerprint density at radius 2 is 1.62 bits per heavy atom. The molecule has 2 rings (SSSR count). The number of rotatable bonds is 5. The molecule has 1 atom stereocenters. The standard InChI is InChI=1S/C20H21NO3/c1-15-9-11-16(12-10-15)13-14-18(22)24-19(20(23)21(2)3)17-7-5-4-6-8-17/h4-14,19H,1-3H3/b14-13+/t19-/m1/s1. The van der Waals surface area contributed by atoms with Gasteiger partial charge in [0.25, 0.3) is 5.91 Å². The number of carbonyl (C=O) groups excluding carboxylic acids is 2. The summed E-state index contributed by atoms with van der Waals surface area (Å²) in [5.41, 5.74) is 2.69. The molecule has 0 heterocycles. The first kappa shape index (κ1) is 17.5.